The minimum Gasteiger partial charge on any atom is -0.493 e. The summed E-state index contributed by atoms with van der Waals surface area (Å²) < 4.78 is 30.7. The molecule has 0 radical (unpaired) electrons. The highest BCUT2D eigenvalue weighted by atomic mass is 79.9. The molecular weight excluding hydrogens is 477 g/mol. The lowest BCUT2D eigenvalue weighted by Crippen LogP contribution is -2.05. The van der Waals surface area contributed by atoms with Crippen molar-refractivity contribution in [3.63, 3.8) is 0 Å². The molecule has 0 fully saturated rings. The number of benzene rings is 3. The van der Waals surface area contributed by atoms with Gasteiger partial charge in [0, 0.05) is 5.56 Å². The Bertz CT molecular complexity index is 1240. The molecule has 0 atom stereocenters. The average molecular weight is 496 g/mol. The zero-order chi connectivity index (χ0) is 22.7. The number of hydrogen-bond donors (Lipinski definition) is 0. The number of aliphatic imine (C=N–C) groups is 1. The van der Waals surface area contributed by atoms with Crippen LogP contribution in [-0.2, 0) is 16.1 Å². The van der Waals surface area contributed by atoms with Crippen LogP contribution < -0.4 is 9.47 Å². The SMILES string of the molecule is COc1cc(/C=C2/N=C(c3ccc(C)cc3)OC2=O)cc(Br)c1OCc1cccc(F)c1. The number of hydrogen-bond acceptors (Lipinski definition) is 5. The van der Waals surface area contributed by atoms with Crippen molar-refractivity contribution in [3.8, 4) is 11.5 Å². The summed E-state index contributed by atoms with van der Waals surface area (Å²) in [5, 5.41) is 0. The van der Waals surface area contributed by atoms with E-state index in [-0.39, 0.29) is 24.0 Å². The number of ether oxygens (including phenoxy) is 3. The molecule has 1 aliphatic heterocycles. The van der Waals surface area contributed by atoms with Gasteiger partial charge in [-0.3, -0.25) is 0 Å². The van der Waals surface area contributed by atoms with E-state index in [0.29, 0.717) is 27.1 Å². The summed E-state index contributed by atoms with van der Waals surface area (Å²) in [5.41, 5.74) is 3.38. The van der Waals surface area contributed by atoms with Gasteiger partial charge in [-0.1, -0.05) is 29.8 Å². The zero-order valence-corrected chi connectivity index (χ0v) is 19.0. The molecule has 32 heavy (non-hydrogen) atoms. The summed E-state index contributed by atoms with van der Waals surface area (Å²) in [6.45, 7) is 2.15. The van der Waals surface area contributed by atoms with E-state index >= 15 is 0 Å². The van der Waals surface area contributed by atoms with Crippen molar-refractivity contribution in [2.75, 3.05) is 7.11 Å². The second kappa shape index (κ2) is 9.36. The molecule has 1 heterocycles. The predicted octanol–water partition coefficient (Wildman–Crippen LogP) is 5.83. The maximum Gasteiger partial charge on any atom is 0.363 e. The second-order valence-electron chi connectivity index (χ2n) is 7.15. The van der Waals surface area contributed by atoms with E-state index in [4.69, 9.17) is 14.2 Å². The van der Waals surface area contributed by atoms with Gasteiger partial charge in [-0.25, -0.2) is 14.2 Å². The molecule has 7 heteroatoms. The van der Waals surface area contributed by atoms with Crippen molar-refractivity contribution in [1.82, 2.24) is 0 Å². The third kappa shape index (κ3) is 4.89. The number of carbonyl (C=O) groups is 1. The molecule has 0 amide bonds. The van der Waals surface area contributed by atoms with Crippen LogP contribution in [0.3, 0.4) is 0 Å². The number of nitrogens with zero attached hydrogens (tertiary/aromatic N) is 1. The Morgan fingerprint density at radius 2 is 1.91 bits per heavy atom. The number of rotatable bonds is 6. The third-order valence-electron chi connectivity index (χ3n) is 4.75. The van der Waals surface area contributed by atoms with Crippen LogP contribution in [0.2, 0.25) is 0 Å². The fraction of sp³-hybridized carbons (Fsp3) is 0.120. The lowest BCUT2D eigenvalue weighted by Gasteiger charge is -2.13. The standard InChI is InChI=1S/C25H19BrFNO4/c1-15-6-8-18(9-7-15)24-28-21(25(29)32-24)12-17-11-20(26)23(22(13-17)30-2)31-14-16-4-3-5-19(27)10-16/h3-13H,14H2,1-2H3/b21-12+. The van der Waals surface area contributed by atoms with Crippen molar-refractivity contribution in [1.29, 1.82) is 0 Å². The summed E-state index contributed by atoms with van der Waals surface area (Å²) in [5.74, 6) is 0.339. The number of aryl methyl sites for hydroxylation is 1. The van der Waals surface area contributed by atoms with Crippen LogP contribution in [0.5, 0.6) is 11.5 Å². The van der Waals surface area contributed by atoms with E-state index in [9.17, 15) is 9.18 Å². The molecule has 0 unspecified atom stereocenters. The summed E-state index contributed by atoms with van der Waals surface area (Å²) in [7, 11) is 1.52. The van der Waals surface area contributed by atoms with E-state index in [2.05, 4.69) is 20.9 Å². The van der Waals surface area contributed by atoms with E-state index in [1.165, 1.54) is 19.2 Å². The molecule has 4 rings (SSSR count). The van der Waals surface area contributed by atoms with E-state index in [1.54, 1.807) is 30.3 Å². The highest BCUT2D eigenvalue weighted by molar-refractivity contribution is 9.10. The van der Waals surface area contributed by atoms with Crippen molar-refractivity contribution in [2.45, 2.75) is 13.5 Å². The minimum atomic E-state index is -0.526. The normalized spacial score (nSPS) is 14.3. The van der Waals surface area contributed by atoms with Crippen molar-refractivity contribution in [2.24, 2.45) is 4.99 Å². The van der Waals surface area contributed by atoms with Gasteiger partial charge in [-0.2, -0.15) is 0 Å². The summed E-state index contributed by atoms with van der Waals surface area (Å²) >= 11 is 3.49. The van der Waals surface area contributed by atoms with Crippen LogP contribution in [0.15, 0.2) is 75.8 Å². The topological polar surface area (TPSA) is 57.1 Å². The fourth-order valence-electron chi connectivity index (χ4n) is 3.13. The van der Waals surface area contributed by atoms with Gasteiger partial charge in [0.05, 0.1) is 11.6 Å². The maximum atomic E-state index is 13.4. The smallest absolute Gasteiger partial charge is 0.363 e. The first-order chi connectivity index (χ1) is 15.4. The zero-order valence-electron chi connectivity index (χ0n) is 17.4. The first-order valence-corrected chi connectivity index (χ1v) is 10.6. The van der Waals surface area contributed by atoms with Crippen LogP contribution in [0, 0.1) is 12.7 Å². The van der Waals surface area contributed by atoms with E-state index in [1.807, 2.05) is 31.2 Å². The number of esters is 1. The maximum absolute atomic E-state index is 13.4. The molecule has 1 aliphatic rings. The van der Waals surface area contributed by atoms with E-state index < -0.39 is 5.97 Å². The van der Waals surface area contributed by atoms with Gasteiger partial charge >= 0.3 is 5.97 Å². The molecule has 0 saturated heterocycles. The van der Waals surface area contributed by atoms with Crippen molar-refractivity contribution in [3.05, 3.63) is 98.9 Å². The molecule has 0 saturated carbocycles. The monoisotopic (exact) mass is 495 g/mol. The lowest BCUT2D eigenvalue weighted by atomic mass is 10.1. The van der Waals surface area contributed by atoms with Crippen LogP contribution in [0.4, 0.5) is 4.39 Å². The van der Waals surface area contributed by atoms with Crippen molar-refractivity contribution < 1.29 is 23.4 Å². The largest absolute Gasteiger partial charge is 0.493 e. The predicted molar refractivity (Wildman–Crippen MR) is 123 cm³/mol. The molecule has 3 aromatic carbocycles. The second-order valence-corrected chi connectivity index (χ2v) is 8.01. The summed E-state index contributed by atoms with van der Waals surface area (Å²) in [4.78, 5) is 16.7. The Morgan fingerprint density at radius 1 is 1.12 bits per heavy atom. The van der Waals surface area contributed by atoms with Gasteiger partial charge in [-0.15, -0.1) is 0 Å². The number of halogens is 2. The lowest BCUT2D eigenvalue weighted by molar-refractivity contribution is -0.129. The molecule has 162 valence electrons. The number of cyclic esters (lactones) is 1. The van der Waals surface area contributed by atoms with Gasteiger partial charge in [0.1, 0.15) is 12.4 Å². The third-order valence-corrected chi connectivity index (χ3v) is 5.34. The Labute approximate surface area is 193 Å². The van der Waals surface area contributed by atoms with Gasteiger partial charge in [0.25, 0.3) is 0 Å². The first-order valence-electron chi connectivity index (χ1n) is 9.77. The molecule has 0 bridgehead atoms. The molecule has 0 aromatic heterocycles. The fourth-order valence-corrected chi connectivity index (χ4v) is 3.71. The molecular formula is C25H19BrFNO4. The van der Waals surface area contributed by atoms with Crippen molar-refractivity contribution >= 4 is 33.9 Å². The average Bonchev–Trinajstić information content (AvgIpc) is 3.13. The Balaban J connectivity index is 1.59. The minimum absolute atomic E-state index is 0.170. The Kier molecular flexibility index (Phi) is 6.37. The van der Waals surface area contributed by atoms with Crippen LogP contribution >= 0.6 is 15.9 Å². The summed E-state index contributed by atoms with van der Waals surface area (Å²) in [6.07, 6.45) is 1.62. The van der Waals surface area contributed by atoms with Crippen LogP contribution in [0.25, 0.3) is 6.08 Å². The Hall–Kier alpha value is -3.45. The van der Waals surface area contributed by atoms with Gasteiger partial charge in [0.15, 0.2) is 17.2 Å². The van der Waals surface area contributed by atoms with Crippen LogP contribution in [-0.4, -0.2) is 19.0 Å². The molecule has 0 aliphatic carbocycles. The Morgan fingerprint density at radius 3 is 2.62 bits per heavy atom. The molecule has 5 nitrogen and oxygen atoms in total. The highest BCUT2D eigenvalue weighted by Gasteiger charge is 2.24. The van der Waals surface area contributed by atoms with Gasteiger partial charge in [-0.05, 0) is 76.5 Å². The van der Waals surface area contributed by atoms with Crippen LogP contribution in [0.1, 0.15) is 22.3 Å². The first kappa shape index (κ1) is 21.8. The molecule has 3 aromatic rings. The van der Waals surface area contributed by atoms with Gasteiger partial charge in [0.2, 0.25) is 5.90 Å². The number of methoxy groups -OCH3 is 1. The molecule has 0 spiro atoms. The summed E-state index contributed by atoms with van der Waals surface area (Å²) in [6, 6.07) is 17.3. The highest BCUT2D eigenvalue weighted by Crippen LogP contribution is 2.38. The quantitative estimate of drug-likeness (QED) is 0.319. The van der Waals surface area contributed by atoms with E-state index in [0.717, 1.165) is 11.1 Å². The van der Waals surface area contributed by atoms with Gasteiger partial charge < -0.3 is 14.2 Å². The molecule has 0 N–H and O–H groups in total. The number of carbonyl (C=O) groups excluding carboxylic acids is 1.